The van der Waals surface area contributed by atoms with Crippen LogP contribution in [0.4, 0.5) is 5.82 Å². The smallest absolute Gasteiger partial charge is 0.305 e. The maximum absolute atomic E-state index is 11.3. The fraction of sp³-hybridized carbons (Fsp3) is 0.731. The van der Waals surface area contributed by atoms with E-state index in [0.29, 0.717) is 24.4 Å². The van der Waals surface area contributed by atoms with E-state index in [1.165, 1.54) is 50.5 Å². The van der Waals surface area contributed by atoms with Crippen LogP contribution in [0.3, 0.4) is 0 Å². The molecule has 0 aromatic carbocycles. The molecule has 4 rings (SSSR count). The Bertz CT molecular complexity index is 898. The molecule has 2 fully saturated rings. The Morgan fingerprint density at radius 1 is 1.00 bits per heavy atom. The molecule has 0 saturated heterocycles. The van der Waals surface area contributed by atoms with Gasteiger partial charge in [-0.2, -0.15) is 0 Å². The average Bonchev–Trinajstić information content (AvgIpc) is 3.27. The Morgan fingerprint density at radius 2 is 1.79 bits per heavy atom. The van der Waals surface area contributed by atoms with E-state index in [1.54, 1.807) is 6.33 Å². The van der Waals surface area contributed by atoms with E-state index in [1.807, 2.05) is 7.11 Å². The number of rotatable bonds is 10. The lowest BCUT2D eigenvalue weighted by Crippen LogP contribution is -2.20. The summed E-state index contributed by atoms with van der Waals surface area (Å²) in [6.07, 6.45) is 16.0. The number of aromatic nitrogens is 2. The predicted molar refractivity (Wildman–Crippen MR) is 129 cm³/mol. The molecule has 7 nitrogen and oxygen atoms in total. The van der Waals surface area contributed by atoms with Crippen LogP contribution in [0, 0.1) is 0 Å². The van der Waals surface area contributed by atoms with Crippen LogP contribution in [0.5, 0.6) is 0 Å². The Kier molecular flexibility index (Phi) is 8.59. The van der Waals surface area contributed by atoms with Gasteiger partial charge in [0.15, 0.2) is 0 Å². The Hall–Kier alpha value is -2.15. The Labute approximate surface area is 197 Å². The van der Waals surface area contributed by atoms with Gasteiger partial charge in [0.05, 0.1) is 18.6 Å². The number of anilines is 1. The first-order valence-corrected chi connectivity index (χ1v) is 12.8. The molecule has 0 unspecified atom stereocenters. The van der Waals surface area contributed by atoms with Crippen LogP contribution in [0.2, 0.25) is 0 Å². The van der Waals surface area contributed by atoms with Crippen molar-refractivity contribution < 1.29 is 18.7 Å². The summed E-state index contributed by atoms with van der Waals surface area (Å²) in [4.78, 5) is 20.5. The monoisotopic (exact) mass is 457 g/mol. The molecular formula is C26H39N3O4. The summed E-state index contributed by atoms with van der Waals surface area (Å²) in [6.45, 7) is 0.813. The first-order chi connectivity index (χ1) is 16.2. The fourth-order valence-electron chi connectivity index (χ4n) is 5.65. The van der Waals surface area contributed by atoms with Gasteiger partial charge in [-0.3, -0.25) is 4.79 Å². The number of methoxy groups -OCH3 is 2. The SMILES string of the molecule is COC(=O)CCCCCNc1ncnc2oc(C3CCCCC3)c(C3CCC(OC)CC3)c12. The van der Waals surface area contributed by atoms with Gasteiger partial charge in [0.2, 0.25) is 5.71 Å². The van der Waals surface area contributed by atoms with Crippen LogP contribution >= 0.6 is 0 Å². The van der Waals surface area contributed by atoms with E-state index in [9.17, 15) is 4.79 Å². The molecule has 0 amide bonds. The molecular weight excluding hydrogens is 418 g/mol. The molecule has 182 valence electrons. The second-order valence-electron chi connectivity index (χ2n) is 9.64. The zero-order chi connectivity index (χ0) is 23.0. The topological polar surface area (TPSA) is 86.5 Å². The quantitative estimate of drug-likeness (QED) is 0.341. The number of carbonyl (C=O) groups is 1. The third-order valence-corrected chi connectivity index (χ3v) is 7.52. The second kappa shape index (κ2) is 11.8. The third kappa shape index (κ3) is 5.86. The number of hydrogen-bond acceptors (Lipinski definition) is 7. The van der Waals surface area contributed by atoms with Crippen molar-refractivity contribution in [1.29, 1.82) is 0 Å². The number of esters is 1. The van der Waals surface area contributed by atoms with Crippen molar-refractivity contribution in [2.45, 2.75) is 101 Å². The zero-order valence-electron chi connectivity index (χ0n) is 20.2. The van der Waals surface area contributed by atoms with Gasteiger partial charge in [0.25, 0.3) is 0 Å². The highest BCUT2D eigenvalue weighted by Crippen LogP contribution is 2.47. The lowest BCUT2D eigenvalue weighted by molar-refractivity contribution is -0.140. The molecule has 7 heteroatoms. The van der Waals surface area contributed by atoms with Crippen LogP contribution in [0.25, 0.3) is 11.1 Å². The molecule has 2 aliphatic rings. The number of hydrogen-bond donors (Lipinski definition) is 1. The third-order valence-electron chi connectivity index (χ3n) is 7.52. The largest absolute Gasteiger partial charge is 0.469 e. The number of fused-ring (bicyclic) bond motifs is 1. The van der Waals surface area contributed by atoms with Gasteiger partial charge >= 0.3 is 5.97 Å². The molecule has 0 bridgehead atoms. The minimum absolute atomic E-state index is 0.137. The fourth-order valence-corrected chi connectivity index (χ4v) is 5.65. The van der Waals surface area contributed by atoms with Gasteiger partial charge in [-0.1, -0.05) is 25.7 Å². The van der Waals surface area contributed by atoms with Crippen LogP contribution < -0.4 is 5.32 Å². The van der Waals surface area contributed by atoms with E-state index in [2.05, 4.69) is 15.3 Å². The van der Waals surface area contributed by atoms with Gasteiger partial charge in [-0.25, -0.2) is 9.97 Å². The summed E-state index contributed by atoms with van der Waals surface area (Å²) < 4.78 is 16.8. The summed E-state index contributed by atoms with van der Waals surface area (Å²) >= 11 is 0. The summed E-state index contributed by atoms with van der Waals surface area (Å²) in [5.41, 5.74) is 2.09. The van der Waals surface area contributed by atoms with Crippen molar-refractivity contribution in [3.8, 4) is 0 Å². The van der Waals surface area contributed by atoms with Crippen molar-refractivity contribution in [1.82, 2.24) is 9.97 Å². The van der Waals surface area contributed by atoms with E-state index >= 15 is 0 Å². The highest BCUT2D eigenvalue weighted by molar-refractivity contribution is 5.90. The van der Waals surface area contributed by atoms with Gasteiger partial charge in [0.1, 0.15) is 17.9 Å². The number of carbonyl (C=O) groups excluding carboxylic acids is 1. The van der Waals surface area contributed by atoms with Crippen molar-refractivity contribution in [2.24, 2.45) is 0 Å². The van der Waals surface area contributed by atoms with Crippen LogP contribution in [-0.4, -0.2) is 42.8 Å². The second-order valence-corrected chi connectivity index (χ2v) is 9.64. The molecule has 2 heterocycles. The molecule has 2 aromatic rings. The molecule has 33 heavy (non-hydrogen) atoms. The minimum atomic E-state index is -0.137. The van der Waals surface area contributed by atoms with Crippen molar-refractivity contribution in [3.63, 3.8) is 0 Å². The lowest BCUT2D eigenvalue weighted by Gasteiger charge is -2.29. The number of unbranched alkanes of at least 4 members (excludes halogenated alkanes) is 2. The molecule has 0 radical (unpaired) electrons. The highest BCUT2D eigenvalue weighted by Gasteiger charge is 2.33. The molecule has 2 aromatic heterocycles. The van der Waals surface area contributed by atoms with E-state index < -0.39 is 0 Å². The Balaban J connectivity index is 1.53. The standard InChI is InChI=1S/C26H39N3O4/c1-31-20-14-12-18(13-15-20)22-23-25(27-16-8-4-7-11-21(30)32-2)28-17-29-26(23)33-24(22)19-9-5-3-6-10-19/h17-20H,3-16H2,1-2H3,(H,27,28,29). The van der Waals surface area contributed by atoms with Gasteiger partial charge in [-0.05, 0) is 57.3 Å². The van der Waals surface area contributed by atoms with E-state index in [4.69, 9.17) is 13.9 Å². The van der Waals surface area contributed by atoms with Crippen molar-refractivity contribution >= 4 is 22.9 Å². The maximum atomic E-state index is 11.3. The van der Waals surface area contributed by atoms with Crippen molar-refractivity contribution in [3.05, 3.63) is 17.7 Å². The van der Waals surface area contributed by atoms with E-state index in [-0.39, 0.29) is 5.97 Å². The highest BCUT2D eigenvalue weighted by atomic mass is 16.5. The first-order valence-electron chi connectivity index (χ1n) is 12.8. The number of ether oxygens (including phenoxy) is 2. The normalized spacial score (nSPS) is 21.9. The Morgan fingerprint density at radius 3 is 2.52 bits per heavy atom. The summed E-state index contributed by atoms with van der Waals surface area (Å²) in [7, 11) is 3.27. The average molecular weight is 458 g/mol. The predicted octanol–water partition coefficient (Wildman–Crippen LogP) is 6.09. The molecule has 2 aliphatic carbocycles. The molecule has 1 N–H and O–H groups in total. The zero-order valence-corrected chi connectivity index (χ0v) is 20.2. The molecule has 0 spiro atoms. The maximum Gasteiger partial charge on any atom is 0.305 e. The summed E-state index contributed by atoms with van der Waals surface area (Å²) in [6, 6.07) is 0. The summed E-state index contributed by atoms with van der Waals surface area (Å²) in [5, 5.41) is 4.64. The lowest BCUT2D eigenvalue weighted by atomic mass is 9.78. The van der Waals surface area contributed by atoms with Gasteiger partial charge in [0, 0.05) is 31.6 Å². The minimum Gasteiger partial charge on any atom is -0.469 e. The van der Waals surface area contributed by atoms with Crippen LogP contribution in [0.15, 0.2) is 10.7 Å². The van der Waals surface area contributed by atoms with Gasteiger partial charge in [-0.15, -0.1) is 0 Å². The summed E-state index contributed by atoms with van der Waals surface area (Å²) in [5.74, 6) is 2.90. The molecule has 0 atom stereocenters. The first kappa shape index (κ1) is 24.0. The number of nitrogens with zero attached hydrogens (tertiary/aromatic N) is 2. The molecule has 2 saturated carbocycles. The number of nitrogens with one attached hydrogen (secondary N) is 1. The van der Waals surface area contributed by atoms with Crippen LogP contribution in [-0.2, 0) is 14.3 Å². The van der Waals surface area contributed by atoms with E-state index in [0.717, 1.165) is 68.4 Å². The number of furan rings is 1. The van der Waals surface area contributed by atoms with Gasteiger partial charge < -0.3 is 19.2 Å². The van der Waals surface area contributed by atoms with Crippen molar-refractivity contribution in [2.75, 3.05) is 26.1 Å². The molecule has 0 aliphatic heterocycles. The van der Waals surface area contributed by atoms with Crippen LogP contribution in [0.1, 0.15) is 107 Å².